The van der Waals surface area contributed by atoms with Crippen LogP contribution in [0.1, 0.15) is 32.6 Å². The Hall–Kier alpha value is -1.99. The third-order valence-corrected chi connectivity index (χ3v) is 5.08. The monoisotopic (exact) mass is 559 g/mol. The molecule has 0 aliphatic rings. The predicted octanol–water partition coefficient (Wildman–Crippen LogP) is 2.89. The maximum atomic E-state index is 11.4. The van der Waals surface area contributed by atoms with Gasteiger partial charge in [0.25, 0.3) is 0 Å². The molecule has 226 valence electrons. The molecule has 2 N–H and O–H groups in total. The van der Waals surface area contributed by atoms with Gasteiger partial charge < -0.3 is 48.4 Å². The number of ether oxygens (including phenoxy) is 9. The predicted molar refractivity (Wildman–Crippen MR) is 147 cm³/mol. The van der Waals surface area contributed by atoms with Gasteiger partial charge in [0.1, 0.15) is 19.0 Å². The minimum atomic E-state index is -0.158. The summed E-state index contributed by atoms with van der Waals surface area (Å²) in [5.74, 6) is 0.613. The van der Waals surface area contributed by atoms with E-state index < -0.39 is 0 Å². The van der Waals surface area contributed by atoms with Crippen LogP contribution in [0, 0.1) is 0 Å². The van der Waals surface area contributed by atoms with E-state index in [1.54, 1.807) is 12.1 Å². The zero-order valence-electron chi connectivity index (χ0n) is 23.6. The fourth-order valence-corrected chi connectivity index (χ4v) is 3.01. The molecule has 0 amide bonds. The van der Waals surface area contributed by atoms with Crippen molar-refractivity contribution in [1.29, 1.82) is 0 Å². The van der Waals surface area contributed by atoms with E-state index in [4.69, 9.17) is 48.4 Å². The summed E-state index contributed by atoms with van der Waals surface area (Å²) in [4.78, 5) is 11.4. The summed E-state index contributed by atoms with van der Waals surface area (Å²) < 4.78 is 48.7. The van der Waals surface area contributed by atoms with E-state index in [1.807, 2.05) is 12.1 Å². The number of hydrogen-bond acceptors (Lipinski definition) is 11. The Bertz CT molecular complexity index is 662. The number of nitrogens with two attached hydrogens (primary N) is 1. The van der Waals surface area contributed by atoms with Crippen molar-refractivity contribution in [3.8, 4) is 5.75 Å². The molecule has 0 saturated heterocycles. The van der Waals surface area contributed by atoms with Crippen molar-refractivity contribution in [3.63, 3.8) is 0 Å². The van der Waals surface area contributed by atoms with E-state index in [0.29, 0.717) is 111 Å². The normalized spacial score (nSPS) is 11.1. The largest absolute Gasteiger partial charge is 0.491 e. The van der Waals surface area contributed by atoms with Gasteiger partial charge in [-0.3, -0.25) is 4.79 Å². The Kier molecular flexibility index (Phi) is 24.8. The number of benzene rings is 1. The number of rotatable bonds is 29. The van der Waals surface area contributed by atoms with Gasteiger partial charge in [0.15, 0.2) is 0 Å². The van der Waals surface area contributed by atoms with Crippen molar-refractivity contribution in [3.05, 3.63) is 24.3 Å². The van der Waals surface area contributed by atoms with E-state index in [1.165, 1.54) is 0 Å². The lowest BCUT2D eigenvalue weighted by molar-refractivity contribution is -0.145. The second kappa shape index (κ2) is 27.6. The molecule has 1 aromatic rings. The van der Waals surface area contributed by atoms with Crippen LogP contribution in [0.5, 0.6) is 5.75 Å². The van der Waals surface area contributed by atoms with Gasteiger partial charge >= 0.3 is 5.97 Å². The third-order valence-electron chi connectivity index (χ3n) is 5.08. The Morgan fingerprint density at radius 3 is 1.36 bits per heavy atom. The van der Waals surface area contributed by atoms with Gasteiger partial charge in [-0.05, 0) is 30.7 Å². The molecule has 0 fully saturated rings. The van der Waals surface area contributed by atoms with Crippen LogP contribution in [-0.2, 0) is 42.7 Å². The summed E-state index contributed by atoms with van der Waals surface area (Å²) >= 11 is 0. The zero-order chi connectivity index (χ0) is 28.1. The maximum absolute atomic E-state index is 11.4. The topological polar surface area (TPSA) is 126 Å². The molecular weight excluding hydrogens is 510 g/mol. The first-order valence-corrected chi connectivity index (χ1v) is 13.9. The average Bonchev–Trinajstić information content (AvgIpc) is 2.94. The van der Waals surface area contributed by atoms with Gasteiger partial charge in [0.2, 0.25) is 0 Å². The Morgan fingerprint density at radius 1 is 0.564 bits per heavy atom. The molecule has 1 rings (SSSR count). The molecule has 39 heavy (non-hydrogen) atoms. The summed E-state index contributed by atoms with van der Waals surface area (Å²) in [5, 5.41) is 0. The Morgan fingerprint density at radius 2 is 0.949 bits per heavy atom. The number of anilines is 1. The van der Waals surface area contributed by atoms with E-state index in [2.05, 4.69) is 6.92 Å². The van der Waals surface area contributed by atoms with Crippen molar-refractivity contribution in [2.75, 3.05) is 111 Å². The fraction of sp³-hybridized carbons (Fsp3) is 0.750. The lowest BCUT2D eigenvalue weighted by Crippen LogP contribution is -2.15. The number of carbonyl (C=O) groups is 1. The van der Waals surface area contributed by atoms with Crippen molar-refractivity contribution >= 4 is 11.7 Å². The molecule has 0 heterocycles. The first kappa shape index (κ1) is 35.0. The van der Waals surface area contributed by atoms with Gasteiger partial charge in [-0.15, -0.1) is 0 Å². The Balaban J connectivity index is 1.66. The van der Waals surface area contributed by atoms with Gasteiger partial charge in [-0.1, -0.05) is 19.8 Å². The van der Waals surface area contributed by atoms with Crippen LogP contribution in [-0.4, -0.2) is 112 Å². The smallest absolute Gasteiger partial charge is 0.305 e. The van der Waals surface area contributed by atoms with E-state index in [9.17, 15) is 4.79 Å². The molecule has 0 spiro atoms. The van der Waals surface area contributed by atoms with Crippen LogP contribution >= 0.6 is 0 Å². The van der Waals surface area contributed by atoms with E-state index in [0.717, 1.165) is 25.0 Å². The number of unbranched alkanes of at least 4 members (excludes halogenated alkanes) is 2. The molecule has 0 radical (unpaired) electrons. The highest BCUT2D eigenvalue weighted by atomic mass is 16.6. The summed E-state index contributed by atoms with van der Waals surface area (Å²) in [5.41, 5.74) is 6.34. The molecule has 11 nitrogen and oxygen atoms in total. The van der Waals surface area contributed by atoms with Crippen LogP contribution in [0.25, 0.3) is 0 Å². The number of hydrogen-bond donors (Lipinski definition) is 1. The molecule has 0 aliphatic carbocycles. The van der Waals surface area contributed by atoms with Crippen molar-refractivity contribution in [1.82, 2.24) is 0 Å². The summed E-state index contributed by atoms with van der Waals surface area (Å²) in [6, 6.07) is 7.26. The van der Waals surface area contributed by atoms with Gasteiger partial charge in [0, 0.05) is 12.1 Å². The molecule has 0 atom stereocenters. The highest BCUT2D eigenvalue weighted by molar-refractivity contribution is 5.69. The molecule has 0 aromatic heterocycles. The molecule has 0 unspecified atom stereocenters. The molecule has 0 saturated carbocycles. The molecule has 1 aromatic carbocycles. The summed E-state index contributed by atoms with van der Waals surface area (Å²) in [6.07, 6.45) is 3.50. The van der Waals surface area contributed by atoms with Gasteiger partial charge in [-0.25, -0.2) is 0 Å². The van der Waals surface area contributed by atoms with E-state index >= 15 is 0 Å². The van der Waals surface area contributed by atoms with Crippen molar-refractivity contribution < 1.29 is 47.4 Å². The number of esters is 1. The first-order valence-electron chi connectivity index (χ1n) is 13.9. The second-order valence-corrected chi connectivity index (χ2v) is 8.38. The van der Waals surface area contributed by atoms with Gasteiger partial charge in [-0.2, -0.15) is 0 Å². The maximum Gasteiger partial charge on any atom is 0.305 e. The van der Waals surface area contributed by atoms with Crippen molar-refractivity contribution in [2.45, 2.75) is 32.6 Å². The standard InChI is InChI=1S/C28H49NO10/c1-2-3-4-5-28(30)39-25-23-37-21-19-35-17-15-33-13-11-31-10-12-32-14-16-34-18-20-36-22-24-38-27-8-6-26(29)7-9-27/h6-9H,2-5,10-25,29H2,1H3. The van der Waals surface area contributed by atoms with E-state index in [-0.39, 0.29) is 12.6 Å². The number of nitrogen functional groups attached to an aromatic ring is 1. The average molecular weight is 560 g/mol. The Labute approximate surface area is 233 Å². The first-order chi connectivity index (χ1) is 19.2. The lowest BCUT2D eigenvalue weighted by atomic mass is 10.2. The molecule has 0 aliphatic heterocycles. The minimum Gasteiger partial charge on any atom is -0.491 e. The van der Waals surface area contributed by atoms with Crippen LogP contribution < -0.4 is 10.5 Å². The van der Waals surface area contributed by atoms with Crippen LogP contribution in [0.4, 0.5) is 5.69 Å². The summed E-state index contributed by atoms with van der Waals surface area (Å²) in [6.45, 7) is 9.67. The number of carbonyl (C=O) groups excluding carboxylic acids is 1. The lowest BCUT2D eigenvalue weighted by Gasteiger charge is -2.09. The van der Waals surface area contributed by atoms with Crippen molar-refractivity contribution in [2.24, 2.45) is 0 Å². The van der Waals surface area contributed by atoms with Gasteiger partial charge in [0.05, 0.1) is 92.5 Å². The minimum absolute atomic E-state index is 0.158. The summed E-state index contributed by atoms with van der Waals surface area (Å²) in [7, 11) is 0. The quantitative estimate of drug-likeness (QED) is 0.0884. The SMILES string of the molecule is CCCCCC(=O)OCCOCCOCCOCCOCCOCCOCCOCCOc1ccc(N)cc1. The van der Waals surface area contributed by atoms with Crippen LogP contribution in [0.15, 0.2) is 24.3 Å². The fourth-order valence-electron chi connectivity index (χ4n) is 3.01. The van der Waals surface area contributed by atoms with Crippen LogP contribution in [0.2, 0.25) is 0 Å². The zero-order valence-corrected chi connectivity index (χ0v) is 23.6. The molecule has 0 bridgehead atoms. The molecule has 11 heteroatoms. The molecular formula is C28H49NO10. The highest BCUT2D eigenvalue weighted by Gasteiger charge is 2.02. The second-order valence-electron chi connectivity index (χ2n) is 8.38. The highest BCUT2D eigenvalue weighted by Crippen LogP contribution is 2.12. The third kappa shape index (κ3) is 24.8. The van der Waals surface area contributed by atoms with Crippen LogP contribution in [0.3, 0.4) is 0 Å².